The first-order valence-electron chi connectivity index (χ1n) is 9.70. The molecule has 0 saturated carbocycles. The number of imide groups is 1. The Kier molecular flexibility index (Phi) is 5.56. The van der Waals surface area contributed by atoms with Gasteiger partial charge in [-0.2, -0.15) is 5.01 Å². The van der Waals surface area contributed by atoms with Crippen molar-refractivity contribution in [2.45, 2.75) is 19.4 Å². The zero-order valence-corrected chi connectivity index (χ0v) is 17.1. The van der Waals surface area contributed by atoms with Gasteiger partial charge in [0.25, 0.3) is 23.4 Å². The predicted octanol–water partition coefficient (Wildman–Crippen LogP) is 3.76. The van der Waals surface area contributed by atoms with Crippen LogP contribution < -0.4 is 0 Å². The van der Waals surface area contributed by atoms with E-state index in [2.05, 4.69) is 0 Å². The minimum absolute atomic E-state index is 0.0304. The first-order chi connectivity index (χ1) is 14.9. The molecule has 2 atom stereocenters. The number of hydrazine groups is 1. The van der Waals surface area contributed by atoms with E-state index in [9.17, 15) is 24.5 Å². The third-order valence-electron chi connectivity index (χ3n) is 5.53. The van der Waals surface area contributed by atoms with E-state index in [1.807, 2.05) is 12.2 Å². The molecule has 1 saturated heterocycles. The molecule has 0 radical (unpaired) electrons. The van der Waals surface area contributed by atoms with Gasteiger partial charge in [0.15, 0.2) is 0 Å². The summed E-state index contributed by atoms with van der Waals surface area (Å²) in [7, 11) is 0. The maximum atomic E-state index is 13.3. The van der Waals surface area contributed by atoms with Gasteiger partial charge < -0.3 is 0 Å². The molecular formula is C22H18ClN3O5. The smallest absolute Gasteiger partial charge is 0.272 e. The maximum Gasteiger partial charge on any atom is 0.273 e. The quantitative estimate of drug-likeness (QED) is 0.305. The summed E-state index contributed by atoms with van der Waals surface area (Å²) in [5.74, 6) is -2.41. The highest BCUT2D eigenvalue weighted by atomic mass is 35.5. The Bertz CT molecular complexity index is 1060. The average molecular weight is 440 g/mol. The number of hydrogen-bond acceptors (Lipinski definition) is 5. The van der Waals surface area contributed by atoms with Crippen LogP contribution in [0.2, 0.25) is 5.02 Å². The number of fused-ring (bicyclic) bond motifs is 1. The van der Waals surface area contributed by atoms with Gasteiger partial charge in [-0.1, -0.05) is 35.9 Å². The van der Waals surface area contributed by atoms with E-state index in [1.165, 1.54) is 24.3 Å². The second-order valence-corrected chi connectivity index (χ2v) is 7.87. The Balaban J connectivity index is 1.69. The van der Waals surface area contributed by atoms with Crippen molar-refractivity contribution in [1.29, 1.82) is 0 Å². The molecule has 4 rings (SSSR count). The van der Waals surface area contributed by atoms with Gasteiger partial charge in [-0.15, -0.1) is 0 Å². The lowest BCUT2D eigenvalue weighted by atomic mass is 9.85. The largest absolute Gasteiger partial charge is 0.273 e. The van der Waals surface area contributed by atoms with E-state index in [0.29, 0.717) is 23.4 Å². The zero-order chi connectivity index (χ0) is 22.1. The molecule has 0 N–H and O–H groups in total. The highest BCUT2D eigenvalue weighted by Gasteiger charge is 2.50. The molecule has 0 unspecified atom stereocenters. The van der Waals surface area contributed by atoms with Gasteiger partial charge in [0.05, 0.1) is 23.3 Å². The van der Waals surface area contributed by atoms with Crippen LogP contribution in [-0.2, 0) is 16.1 Å². The number of allylic oxidation sites excluding steroid dienone is 2. The predicted molar refractivity (Wildman–Crippen MR) is 112 cm³/mol. The number of nitro benzene ring substituents is 1. The summed E-state index contributed by atoms with van der Waals surface area (Å²) < 4.78 is 0. The lowest BCUT2D eigenvalue weighted by Gasteiger charge is -2.30. The van der Waals surface area contributed by atoms with Crippen LogP contribution in [0.4, 0.5) is 5.69 Å². The fraction of sp³-hybridized carbons (Fsp3) is 0.227. The van der Waals surface area contributed by atoms with E-state index >= 15 is 0 Å². The van der Waals surface area contributed by atoms with Crippen LogP contribution in [0.25, 0.3) is 0 Å². The van der Waals surface area contributed by atoms with Crippen LogP contribution in [0.15, 0.2) is 60.7 Å². The molecule has 0 spiro atoms. The van der Waals surface area contributed by atoms with Gasteiger partial charge >= 0.3 is 0 Å². The van der Waals surface area contributed by atoms with Crippen LogP contribution in [0.1, 0.15) is 28.8 Å². The van der Waals surface area contributed by atoms with Crippen molar-refractivity contribution >= 4 is 35.0 Å². The summed E-state index contributed by atoms with van der Waals surface area (Å²) in [5.41, 5.74) is 0.646. The minimum atomic E-state index is -0.599. The van der Waals surface area contributed by atoms with Gasteiger partial charge in [0.2, 0.25) is 0 Å². The topological polar surface area (TPSA) is 101 Å². The lowest BCUT2D eigenvalue weighted by Crippen LogP contribution is -2.49. The number of halogens is 1. The van der Waals surface area contributed by atoms with Crippen LogP contribution in [0.5, 0.6) is 0 Å². The van der Waals surface area contributed by atoms with Crippen molar-refractivity contribution in [2.75, 3.05) is 0 Å². The molecule has 8 nitrogen and oxygen atoms in total. The van der Waals surface area contributed by atoms with Crippen molar-refractivity contribution < 1.29 is 19.3 Å². The molecular weight excluding hydrogens is 422 g/mol. The summed E-state index contributed by atoms with van der Waals surface area (Å²) in [6.07, 6.45) is 4.65. The van der Waals surface area contributed by atoms with Gasteiger partial charge in [-0.3, -0.25) is 24.5 Å². The van der Waals surface area contributed by atoms with Gasteiger partial charge in [0, 0.05) is 22.7 Å². The van der Waals surface area contributed by atoms with Gasteiger partial charge in [-0.05, 0) is 42.7 Å². The van der Waals surface area contributed by atoms with Gasteiger partial charge in [-0.25, -0.2) is 5.01 Å². The normalized spacial score (nSPS) is 20.0. The van der Waals surface area contributed by atoms with E-state index in [0.717, 1.165) is 10.0 Å². The number of non-ortho nitro benzene ring substituents is 1. The third-order valence-corrected chi connectivity index (χ3v) is 5.78. The molecule has 0 aromatic heterocycles. The number of nitrogens with zero attached hydrogens (tertiary/aromatic N) is 3. The Morgan fingerprint density at radius 3 is 2.06 bits per heavy atom. The van der Waals surface area contributed by atoms with Crippen LogP contribution in [-0.4, -0.2) is 32.7 Å². The molecule has 2 aromatic rings. The maximum absolute atomic E-state index is 13.3. The molecule has 1 fully saturated rings. The number of carbonyl (C=O) groups excluding carboxylic acids is 3. The molecule has 1 heterocycles. The van der Waals surface area contributed by atoms with Crippen molar-refractivity contribution in [1.82, 2.24) is 10.0 Å². The SMILES string of the molecule is O=C(c1ccc([N+](=O)[O-])cc1)N(Cc1ccc(Cl)cc1)N1C(=O)[C@H]2CC=CC[C@H]2C1=O. The number of rotatable bonds is 5. The summed E-state index contributed by atoms with van der Waals surface area (Å²) >= 11 is 5.94. The fourth-order valence-electron chi connectivity index (χ4n) is 3.89. The van der Waals surface area contributed by atoms with Crippen molar-refractivity contribution in [3.8, 4) is 0 Å². The Hall–Kier alpha value is -3.52. The monoisotopic (exact) mass is 439 g/mol. The first kappa shape index (κ1) is 20.7. The molecule has 31 heavy (non-hydrogen) atoms. The number of carbonyl (C=O) groups is 3. The molecule has 1 aliphatic heterocycles. The van der Waals surface area contributed by atoms with E-state index in [-0.39, 0.29) is 17.8 Å². The standard InChI is InChI=1S/C22H18ClN3O5/c23-16-9-5-14(6-10-16)13-24(20(27)15-7-11-17(12-8-15)26(30)31)25-21(28)18-3-1-2-4-19(18)22(25)29/h1-2,5-12,18-19H,3-4,13H2/t18-,19+. The number of nitro groups is 1. The first-order valence-corrected chi connectivity index (χ1v) is 10.1. The summed E-state index contributed by atoms with van der Waals surface area (Å²) in [6, 6.07) is 11.8. The average Bonchev–Trinajstić information content (AvgIpc) is 3.03. The highest BCUT2D eigenvalue weighted by molar-refractivity contribution is 6.30. The zero-order valence-electron chi connectivity index (χ0n) is 16.3. The van der Waals surface area contributed by atoms with Crippen molar-refractivity contribution in [2.24, 2.45) is 11.8 Å². The highest BCUT2D eigenvalue weighted by Crippen LogP contribution is 2.36. The molecule has 1 aliphatic carbocycles. The van der Waals surface area contributed by atoms with Crippen LogP contribution >= 0.6 is 11.6 Å². The number of benzene rings is 2. The van der Waals surface area contributed by atoms with Crippen molar-refractivity contribution in [3.63, 3.8) is 0 Å². The second-order valence-electron chi connectivity index (χ2n) is 7.44. The Morgan fingerprint density at radius 2 is 1.55 bits per heavy atom. The second kappa shape index (κ2) is 8.31. The minimum Gasteiger partial charge on any atom is -0.272 e. The van der Waals surface area contributed by atoms with E-state index < -0.39 is 34.5 Å². The number of hydrogen-bond donors (Lipinski definition) is 0. The molecule has 3 amide bonds. The summed E-state index contributed by atoms with van der Waals surface area (Å²) in [6.45, 7) is -0.0304. The Labute approximate surface area is 182 Å². The fourth-order valence-corrected chi connectivity index (χ4v) is 4.02. The van der Waals surface area contributed by atoms with E-state index in [1.54, 1.807) is 24.3 Å². The van der Waals surface area contributed by atoms with Crippen molar-refractivity contribution in [3.05, 3.63) is 86.9 Å². The summed E-state index contributed by atoms with van der Waals surface area (Å²) in [4.78, 5) is 49.9. The third kappa shape index (κ3) is 3.94. The molecule has 158 valence electrons. The van der Waals surface area contributed by atoms with Gasteiger partial charge in [0.1, 0.15) is 0 Å². The van der Waals surface area contributed by atoms with Crippen LogP contribution in [0.3, 0.4) is 0 Å². The Morgan fingerprint density at radius 1 is 1.00 bits per heavy atom. The summed E-state index contributed by atoms with van der Waals surface area (Å²) in [5, 5.41) is 13.5. The number of amides is 3. The molecule has 0 bridgehead atoms. The van der Waals surface area contributed by atoms with Crippen LogP contribution in [0, 0.1) is 22.0 Å². The van der Waals surface area contributed by atoms with E-state index in [4.69, 9.17) is 11.6 Å². The molecule has 2 aliphatic rings. The molecule has 2 aromatic carbocycles. The lowest BCUT2D eigenvalue weighted by molar-refractivity contribution is -0.384. The molecule has 9 heteroatoms.